The number of ether oxygens (including phenoxy) is 3. The fourth-order valence-electron chi connectivity index (χ4n) is 2.03. The van der Waals surface area contributed by atoms with Crippen LogP contribution in [0.15, 0.2) is 18.2 Å². The Hall–Kier alpha value is -1.59. The van der Waals surface area contributed by atoms with E-state index in [1.54, 1.807) is 25.3 Å². The molecule has 5 nitrogen and oxygen atoms in total. The molecule has 0 amide bonds. The highest BCUT2D eigenvalue weighted by Crippen LogP contribution is 2.27. The summed E-state index contributed by atoms with van der Waals surface area (Å²) in [5.74, 6) is 1.19. The van der Waals surface area contributed by atoms with Crippen molar-refractivity contribution in [3.05, 3.63) is 23.8 Å². The third-order valence-corrected chi connectivity index (χ3v) is 3.09. The molecular weight excluding hydrogens is 246 g/mol. The van der Waals surface area contributed by atoms with Crippen LogP contribution < -0.4 is 9.47 Å². The fraction of sp³-hybridized carbons (Fsp3) is 0.500. The minimum absolute atomic E-state index is 0.0641. The van der Waals surface area contributed by atoms with E-state index >= 15 is 0 Å². The van der Waals surface area contributed by atoms with Crippen LogP contribution in [0.5, 0.6) is 11.5 Å². The Morgan fingerprint density at radius 3 is 3.00 bits per heavy atom. The Labute approximate surface area is 113 Å². The van der Waals surface area contributed by atoms with Gasteiger partial charge in [-0.2, -0.15) is 0 Å². The minimum Gasteiger partial charge on any atom is -0.493 e. The van der Waals surface area contributed by atoms with Crippen molar-refractivity contribution >= 4 is 6.29 Å². The van der Waals surface area contributed by atoms with Crippen molar-refractivity contribution < 1.29 is 19.0 Å². The molecule has 1 aliphatic heterocycles. The average molecular weight is 265 g/mol. The molecule has 1 aromatic rings. The summed E-state index contributed by atoms with van der Waals surface area (Å²) in [7, 11) is 3.62. The number of hydrogen-bond acceptors (Lipinski definition) is 5. The first kappa shape index (κ1) is 13.8. The molecule has 1 fully saturated rings. The highest BCUT2D eigenvalue weighted by molar-refractivity contribution is 5.76. The second kappa shape index (κ2) is 6.54. The maximum atomic E-state index is 10.7. The summed E-state index contributed by atoms with van der Waals surface area (Å²) >= 11 is 0. The van der Waals surface area contributed by atoms with Gasteiger partial charge in [0, 0.05) is 18.7 Å². The van der Waals surface area contributed by atoms with Crippen LogP contribution in [0.25, 0.3) is 0 Å². The maximum absolute atomic E-state index is 10.7. The zero-order chi connectivity index (χ0) is 13.7. The minimum atomic E-state index is 0.0641. The number of rotatable bonds is 5. The van der Waals surface area contributed by atoms with Gasteiger partial charge in [0.25, 0.3) is 0 Å². The van der Waals surface area contributed by atoms with Crippen LogP contribution in [0.2, 0.25) is 0 Å². The topological polar surface area (TPSA) is 48.0 Å². The van der Waals surface area contributed by atoms with E-state index < -0.39 is 0 Å². The van der Waals surface area contributed by atoms with Gasteiger partial charge < -0.3 is 19.1 Å². The second-order valence-electron chi connectivity index (χ2n) is 4.59. The quantitative estimate of drug-likeness (QED) is 0.749. The third-order valence-electron chi connectivity index (χ3n) is 3.09. The number of hydrogen-bond donors (Lipinski definition) is 0. The van der Waals surface area contributed by atoms with Crippen LogP contribution in [0, 0.1) is 0 Å². The molecule has 1 saturated heterocycles. The van der Waals surface area contributed by atoms with Gasteiger partial charge >= 0.3 is 0 Å². The van der Waals surface area contributed by atoms with Crippen LogP contribution in [-0.4, -0.2) is 57.8 Å². The van der Waals surface area contributed by atoms with Gasteiger partial charge in [0.15, 0.2) is 11.5 Å². The van der Waals surface area contributed by atoms with E-state index in [9.17, 15) is 4.79 Å². The van der Waals surface area contributed by atoms with Crippen molar-refractivity contribution in [2.24, 2.45) is 0 Å². The van der Waals surface area contributed by atoms with Crippen LogP contribution in [0.1, 0.15) is 10.4 Å². The van der Waals surface area contributed by atoms with Gasteiger partial charge in [-0.1, -0.05) is 0 Å². The second-order valence-corrected chi connectivity index (χ2v) is 4.59. The highest BCUT2D eigenvalue weighted by atomic mass is 16.5. The van der Waals surface area contributed by atoms with Crippen molar-refractivity contribution in [1.29, 1.82) is 0 Å². The summed E-state index contributed by atoms with van der Waals surface area (Å²) in [6.45, 7) is 3.01. The Morgan fingerprint density at radius 1 is 1.47 bits per heavy atom. The highest BCUT2D eigenvalue weighted by Gasteiger charge is 2.18. The molecule has 2 rings (SSSR count). The first-order valence-electron chi connectivity index (χ1n) is 6.29. The summed E-state index contributed by atoms with van der Waals surface area (Å²) in [6, 6.07) is 5.12. The van der Waals surface area contributed by atoms with Gasteiger partial charge in [-0.05, 0) is 25.2 Å². The molecule has 0 aromatic heterocycles. The summed E-state index contributed by atoms with van der Waals surface area (Å²) in [6.07, 6.45) is 0.847. The molecule has 1 heterocycles. The molecular formula is C14H19NO4. The van der Waals surface area contributed by atoms with Crippen molar-refractivity contribution in [3.63, 3.8) is 0 Å². The van der Waals surface area contributed by atoms with Gasteiger partial charge in [-0.15, -0.1) is 0 Å². The predicted molar refractivity (Wildman–Crippen MR) is 71.1 cm³/mol. The fourth-order valence-corrected chi connectivity index (χ4v) is 2.03. The van der Waals surface area contributed by atoms with Crippen LogP contribution >= 0.6 is 0 Å². The maximum Gasteiger partial charge on any atom is 0.161 e. The lowest BCUT2D eigenvalue weighted by molar-refractivity contribution is -0.0406. The largest absolute Gasteiger partial charge is 0.493 e. The summed E-state index contributed by atoms with van der Waals surface area (Å²) < 4.78 is 16.6. The lowest BCUT2D eigenvalue weighted by Gasteiger charge is -2.29. The average Bonchev–Trinajstić information content (AvgIpc) is 2.45. The smallest absolute Gasteiger partial charge is 0.161 e. The summed E-state index contributed by atoms with van der Waals surface area (Å²) in [4.78, 5) is 12.9. The standard InChI is InChI=1S/C14H19NO4/c1-15-5-6-18-12(8-15)10-19-13-4-3-11(9-16)7-14(13)17-2/h3-4,7,9,12H,5-6,8,10H2,1-2H3. The molecule has 19 heavy (non-hydrogen) atoms. The Kier molecular flexibility index (Phi) is 4.76. The molecule has 0 bridgehead atoms. The monoisotopic (exact) mass is 265 g/mol. The van der Waals surface area contributed by atoms with E-state index in [2.05, 4.69) is 11.9 Å². The lowest BCUT2D eigenvalue weighted by atomic mass is 10.2. The summed E-state index contributed by atoms with van der Waals surface area (Å²) in [5.41, 5.74) is 0.567. The van der Waals surface area contributed by atoms with Crippen molar-refractivity contribution in [3.8, 4) is 11.5 Å². The summed E-state index contributed by atoms with van der Waals surface area (Å²) in [5, 5.41) is 0. The molecule has 0 radical (unpaired) electrons. The molecule has 5 heteroatoms. The first-order chi connectivity index (χ1) is 9.22. The van der Waals surface area contributed by atoms with Crippen molar-refractivity contribution in [1.82, 2.24) is 4.90 Å². The van der Waals surface area contributed by atoms with E-state index in [1.807, 2.05) is 0 Å². The zero-order valence-electron chi connectivity index (χ0n) is 11.3. The van der Waals surface area contributed by atoms with Crippen molar-refractivity contribution in [2.75, 3.05) is 40.5 Å². The van der Waals surface area contributed by atoms with Gasteiger partial charge in [-0.3, -0.25) is 4.79 Å². The number of likely N-dealkylation sites (N-methyl/N-ethyl adjacent to an activating group) is 1. The number of carbonyl (C=O) groups excluding carboxylic acids is 1. The third kappa shape index (κ3) is 3.68. The Bertz CT molecular complexity index is 435. The predicted octanol–water partition coefficient (Wildman–Crippen LogP) is 1.22. The number of methoxy groups -OCH3 is 1. The molecule has 0 saturated carbocycles. The van der Waals surface area contributed by atoms with Crippen molar-refractivity contribution in [2.45, 2.75) is 6.10 Å². The van der Waals surface area contributed by atoms with Gasteiger partial charge in [0.2, 0.25) is 0 Å². The van der Waals surface area contributed by atoms with Crippen LogP contribution in [0.3, 0.4) is 0 Å². The molecule has 1 aliphatic rings. The van der Waals surface area contributed by atoms with Gasteiger partial charge in [0.05, 0.1) is 13.7 Å². The number of aldehydes is 1. The van der Waals surface area contributed by atoms with Crippen LogP contribution in [0.4, 0.5) is 0 Å². The first-order valence-corrected chi connectivity index (χ1v) is 6.29. The van der Waals surface area contributed by atoms with E-state index in [-0.39, 0.29) is 6.10 Å². The van der Waals surface area contributed by atoms with E-state index in [0.717, 1.165) is 26.0 Å². The molecule has 1 aromatic carbocycles. The molecule has 0 spiro atoms. The lowest BCUT2D eigenvalue weighted by Crippen LogP contribution is -2.42. The van der Waals surface area contributed by atoms with E-state index in [0.29, 0.717) is 23.7 Å². The molecule has 0 N–H and O–H groups in total. The molecule has 1 unspecified atom stereocenters. The normalized spacial score (nSPS) is 20.0. The van der Waals surface area contributed by atoms with E-state index in [4.69, 9.17) is 14.2 Å². The SMILES string of the molecule is COc1cc(C=O)ccc1OCC1CN(C)CCO1. The number of nitrogens with zero attached hydrogens (tertiary/aromatic N) is 1. The number of carbonyl (C=O) groups is 1. The van der Waals surface area contributed by atoms with Gasteiger partial charge in [-0.25, -0.2) is 0 Å². The molecule has 1 atom stereocenters. The Morgan fingerprint density at radius 2 is 2.32 bits per heavy atom. The van der Waals surface area contributed by atoms with Crippen LogP contribution in [-0.2, 0) is 4.74 Å². The molecule has 104 valence electrons. The zero-order valence-corrected chi connectivity index (χ0v) is 11.3. The number of benzene rings is 1. The van der Waals surface area contributed by atoms with Gasteiger partial charge in [0.1, 0.15) is 19.0 Å². The van der Waals surface area contributed by atoms with E-state index in [1.165, 1.54) is 0 Å². The number of morpholine rings is 1. The Balaban J connectivity index is 1.96. The molecule has 0 aliphatic carbocycles.